The molecule has 1 fully saturated rings. The van der Waals surface area contributed by atoms with Crippen molar-refractivity contribution in [3.8, 4) is 5.75 Å². The summed E-state index contributed by atoms with van der Waals surface area (Å²) in [6.07, 6.45) is 2.21. The number of nitrogens with zero attached hydrogens (tertiary/aromatic N) is 1. The molecule has 6 nitrogen and oxygen atoms in total. The van der Waals surface area contributed by atoms with Gasteiger partial charge in [0.15, 0.2) is 5.75 Å². The van der Waals surface area contributed by atoms with Crippen molar-refractivity contribution in [3.63, 3.8) is 0 Å². The number of nitro groups is 1. The van der Waals surface area contributed by atoms with E-state index in [0.717, 1.165) is 12.8 Å². The van der Waals surface area contributed by atoms with Crippen LogP contribution in [0.2, 0.25) is 5.02 Å². The molecule has 0 spiro atoms. The van der Waals surface area contributed by atoms with Gasteiger partial charge in [-0.25, -0.2) is 0 Å². The van der Waals surface area contributed by atoms with Gasteiger partial charge < -0.3 is 10.1 Å². The first-order valence-electron chi connectivity index (χ1n) is 5.92. The fourth-order valence-corrected chi connectivity index (χ4v) is 1.70. The lowest BCUT2D eigenvalue weighted by Crippen LogP contribution is -2.26. The van der Waals surface area contributed by atoms with E-state index in [2.05, 4.69) is 5.32 Å². The van der Waals surface area contributed by atoms with Crippen LogP contribution in [0, 0.1) is 10.1 Å². The maximum atomic E-state index is 11.4. The molecule has 0 atom stereocenters. The molecule has 7 heteroatoms. The Hall–Kier alpha value is -1.82. The zero-order valence-corrected chi connectivity index (χ0v) is 10.9. The molecule has 0 aromatic heterocycles. The number of ether oxygens (including phenoxy) is 1. The predicted octanol–water partition coefficient (Wildman–Crippen LogP) is 2.30. The van der Waals surface area contributed by atoms with Gasteiger partial charge >= 0.3 is 5.69 Å². The van der Waals surface area contributed by atoms with Crippen molar-refractivity contribution in [3.05, 3.63) is 33.3 Å². The molecule has 0 bridgehead atoms. The molecule has 0 heterocycles. The van der Waals surface area contributed by atoms with Crippen LogP contribution >= 0.6 is 11.6 Å². The molecule has 1 amide bonds. The number of hydrogen-bond acceptors (Lipinski definition) is 4. The quantitative estimate of drug-likeness (QED) is 0.642. The number of hydrogen-bond donors (Lipinski definition) is 1. The molecule has 19 heavy (non-hydrogen) atoms. The average molecular weight is 285 g/mol. The highest BCUT2D eigenvalue weighted by molar-refractivity contribution is 6.30. The first-order valence-corrected chi connectivity index (χ1v) is 6.30. The zero-order chi connectivity index (χ0) is 13.8. The Morgan fingerprint density at radius 1 is 1.53 bits per heavy atom. The number of halogens is 1. The number of benzene rings is 1. The second-order valence-electron chi connectivity index (χ2n) is 4.31. The Kier molecular flexibility index (Phi) is 4.21. The van der Waals surface area contributed by atoms with E-state index in [1.165, 1.54) is 18.2 Å². The second kappa shape index (κ2) is 5.88. The van der Waals surface area contributed by atoms with Gasteiger partial charge in [0.2, 0.25) is 5.91 Å². The molecule has 1 aliphatic carbocycles. The summed E-state index contributed by atoms with van der Waals surface area (Å²) in [4.78, 5) is 21.7. The molecule has 1 aromatic carbocycles. The Balaban J connectivity index is 1.88. The van der Waals surface area contributed by atoms with Crippen molar-refractivity contribution < 1.29 is 14.5 Å². The monoisotopic (exact) mass is 284 g/mol. The van der Waals surface area contributed by atoms with Crippen LogP contribution in [0.1, 0.15) is 19.3 Å². The second-order valence-corrected chi connectivity index (χ2v) is 4.75. The molecular formula is C12H13ClN2O4. The van der Waals surface area contributed by atoms with Crippen LogP contribution in [0.15, 0.2) is 18.2 Å². The highest BCUT2D eigenvalue weighted by atomic mass is 35.5. The van der Waals surface area contributed by atoms with E-state index >= 15 is 0 Å². The van der Waals surface area contributed by atoms with E-state index < -0.39 is 4.92 Å². The normalized spacial score (nSPS) is 13.9. The third kappa shape index (κ3) is 4.10. The minimum Gasteiger partial charge on any atom is -0.486 e. The molecule has 1 aromatic rings. The van der Waals surface area contributed by atoms with E-state index in [4.69, 9.17) is 16.3 Å². The summed E-state index contributed by atoms with van der Waals surface area (Å²) in [5.74, 6) is -0.0242. The summed E-state index contributed by atoms with van der Waals surface area (Å²) in [6, 6.07) is 4.38. The molecule has 1 N–H and O–H groups in total. The van der Waals surface area contributed by atoms with Crippen molar-refractivity contribution in [1.29, 1.82) is 0 Å². The van der Waals surface area contributed by atoms with E-state index in [1.54, 1.807) is 0 Å². The molecule has 0 unspecified atom stereocenters. The van der Waals surface area contributed by atoms with E-state index in [-0.39, 0.29) is 30.4 Å². The minimum absolute atomic E-state index is 0.0803. The van der Waals surface area contributed by atoms with E-state index in [9.17, 15) is 14.9 Å². The van der Waals surface area contributed by atoms with Crippen molar-refractivity contribution in [2.45, 2.75) is 25.3 Å². The summed E-state index contributed by atoms with van der Waals surface area (Å²) >= 11 is 5.76. The first-order chi connectivity index (χ1) is 9.06. The van der Waals surface area contributed by atoms with E-state index in [0.29, 0.717) is 11.1 Å². The number of amides is 1. The summed E-state index contributed by atoms with van der Waals surface area (Å²) in [6.45, 7) is 0.0831. The van der Waals surface area contributed by atoms with Crippen molar-refractivity contribution in [2.75, 3.05) is 6.61 Å². The number of rotatable bonds is 6. The van der Waals surface area contributed by atoms with Crippen LogP contribution in [0.4, 0.5) is 5.69 Å². The van der Waals surface area contributed by atoms with Gasteiger partial charge in [-0.3, -0.25) is 14.9 Å². The van der Waals surface area contributed by atoms with Crippen LogP contribution in [0.3, 0.4) is 0 Å². The van der Waals surface area contributed by atoms with Crippen LogP contribution in [0.25, 0.3) is 0 Å². The zero-order valence-electron chi connectivity index (χ0n) is 10.1. The molecule has 0 saturated heterocycles. The van der Waals surface area contributed by atoms with E-state index in [1.807, 2.05) is 0 Å². The highest BCUT2D eigenvalue weighted by Gasteiger charge is 2.23. The summed E-state index contributed by atoms with van der Waals surface area (Å²) in [7, 11) is 0. The van der Waals surface area contributed by atoms with Crippen molar-refractivity contribution in [2.24, 2.45) is 0 Å². The Morgan fingerprint density at radius 3 is 2.89 bits per heavy atom. The van der Waals surface area contributed by atoms with Crippen LogP contribution in [-0.2, 0) is 4.79 Å². The van der Waals surface area contributed by atoms with Gasteiger partial charge in [-0.15, -0.1) is 0 Å². The number of nitrogens with one attached hydrogen (secondary N) is 1. The maximum absolute atomic E-state index is 11.4. The van der Waals surface area contributed by atoms with Gasteiger partial charge in [0.25, 0.3) is 0 Å². The molecule has 0 radical (unpaired) electrons. The van der Waals surface area contributed by atoms with Gasteiger partial charge in [-0.1, -0.05) is 11.6 Å². The standard InChI is InChI=1S/C12H13ClN2O4/c13-8-1-4-10(15(17)18)11(7-8)19-6-5-12(16)14-9-2-3-9/h1,4,7,9H,2-3,5-6H2,(H,14,16). The van der Waals surface area contributed by atoms with Gasteiger partial charge in [0, 0.05) is 23.2 Å². The van der Waals surface area contributed by atoms with Crippen molar-refractivity contribution in [1.82, 2.24) is 5.32 Å². The topological polar surface area (TPSA) is 81.5 Å². The summed E-state index contributed by atoms with van der Waals surface area (Å²) in [5.41, 5.74) is -0.160. The molecule has 1 saturated carbocycles. The maximum Gasteiger partial charge on any atom is 0.311 e. The average Bonchev–Trinajstić information content (AvgIpc) is 3.12. The number of carbonyl (C=O) groups excluding carboxylic acids is 1. The van der Waals surface area contributed by atoms with Crippen molar-refractivity contribution >= 4 is 23.2 Å². The fraction of sp³-hybridized carbons (Fsp3) is 0.417. The smallest absolute Gasteiger partial charge is 0.311 e. The van der Waals surface area contributed by atoms with Crippen LogP contribution in [-0.4, -0.2) is 23.5 Å². The lowest BCUT2D eigenvalue weighted by atomic mass is 10.3. The lowest BCUT2D eigenvalue weighted by Gasteiger charge is -2.07. The van der Waals surface area contributed by atoms with Gasteiger partial charge in [-0.05, 0) is 18.9 Å². The van der Waals surface area contributed by atoms with Gasteiger partial charge in [0.1, 0.15) is 0 Å². The Labute approximate surface area is 114 Å². The Morgan fingerprint density at radius 2 is 2.26 bits per heavy atom. The highest BCUT2D eigenvalue weighted by Crippen LogP contribution is 2.29. The number of carbonyl (C=O) groups is 1. The fourth-order valence-electron chi connectivity index (χ4n) is 1.54. The largest absolute Gasteiger partial charge is 0.486 e. The molecule has 2 rings (SSSR count). The summed E-state index contributed by atoms with van der Waals surface area (Å²) in [5, 5.41) is 13.9. The summed E-state index contributed by atoms with van der Waals surface area (Å²) < 4.78 is 5.26. The van der Waals surface area contributed by atoms with Crippen LogP contribution in [0.5, 0.6) is 5.75 Å². The predicted molar refractivity (Wildman–Crippen MR) is 69.4 cm³/mol. The van der Waals surface area contributed by atoms with Gasteiger partial charge in [0.05, 0.1) is 18.0 Å². The van der Waals surface area contributed by atoms with Crippen LogP contribution < -0.4 is 10.1 Å². The first kappa shape index (κ1) is 13.6. The lowest BCUT2D eigenvalue weighted by molar-refractivity contribution is -0.385. The molecule has 0 aliphatic heterocycles. The number of nitro benzene ring substituents is 1. The SMILES string of the molecule is O=C(CCOc1cc(Cl)ccc1[N+](=O)[O-])NC1CC1. The van der Waals surface area contributed by atoms with Gasteiger partial charge in [-0.2, -0.15) is 0 Å². The molecule has 102 valence electrons. The molecule has 1 aliphatic rings. The Bertz CT molecular complexity index is 503. The molecular weight excluding hydrogens is 272 g/mol. The third-order valence-corrected chi connectivity index (χ3v) is 2.88. The minimum atomic E-state index is -0.546. The third-order valence-electron chi connectivity index (χ3n) is 2.65.